The van der Waals surface area contributed by atoms with Crippen LogP contribution in [0, 0.1) is 13.8 Å². The zero-order valence-electron chi connectivity index (χ0n) is 7.03. The molecule has 1 aromatic rings. The second-order valence-electron chi connectivity index (χ2n) is 2.60. The van der Waals surface area contributed by atoms with Gasteiger partial charge in [0.1, 0.15) is 5.82 Å². The number of aromatic nitrogens is 2. The third-order valence-electron chi connectivity index (χ3n) is 1.54. The molecule has 12 heavy (non-hydrogen) atoms. The quantitative estimate of drug-likeness (QED) is 0.703. The first kappa shape index (κ1) is 8.64. The Bertz CT molecular complexity index is 310. The molecule has 0 spiro atoms. The van der Waals surface area contributed by atoms with Crippen molar-refractivity contribution in [2.24, 2.45) is 0 Å². The first-order valence-corrected chi connectivity index (χ1v) is 3.60. The van der Waals surface area contributed by atoms with Crippen molar-refractivity contribution >= 4 is 5.97 Å². The molecule has 0 aliphatic rings. The highest BCUT2D eigenvalue weighted by atomic mass is 16.4. The minimum atomic E-state index is -0.856. The van der Waals surface area contributed by atoms with Crippen LogP contribution in [0.25, 0.3) is 0 Å². The Morgan fingerprint density at radius 2 is 2.25 bits per heavy atom. The van der Waals surface area contributed by atoms with Gasteiger partial charge in [-0.25, -0.2) is 9.97 Å². The molecular formula is C8H10N2O2. The zero-order valence-corrected chi connectivity index (χ0v) is 7.03. The van der Waals surface area contributed by atoms with Crippen molar-refractivity contribution in [3.05, 3.63) is 23.3 Å². The SMILES string of the molecule is Cc1ncc(CC(=O)O)c(C)n1. The fourth-order valence-electron chi connectivity index (χ4n) is 0.945. The van der Waals surface area contributed by atoms with Crippen LogP contribution in [0.2, 0.25) is 0 Å². The van der Waals surface area contributed by atoms with Crippen molar-refractivity contribution in [1.29, 1.82) is 0 Å². The second kappa shape index (κ2) is 3.30. The van der Waals surface area contributed by atoms with Crippen LogP contribution in [0.1, 0.15) is 17.1 Å². The van der Waals surface area contributed by atoms with Gasteiger partial charge in [0, 0.05) is 17.5 Å². The number of nitrogens with zero attached hydrogens (tertiary/aromatic N) is 2. The molecule has 0 unspecified atom stereocenters. The van der Waals surface area contributed by atoms with Gasteiger partial charge >= 0.3 is 5.97 Å². The van der Waals surface area contributed by atoms with E-state index >= 15 is 0 Å². The summed E-state index contributed by atoms with van der Waals surface area (Å²) in [6, 6.07) is 0. The van der Waals surface area contributed by atoms with Crippen LogP contribution in [0.4, 0.5) is 0 Å². The summed E-state index contributed by atoms with van der Waals surface area (Å²) in [6.07, 6.45) is 1.55. The lowest BCUT2D eigenvalue weighted by Crippen LogP contribution is -2.04. The van der Waals surface area contributed by atoms with Gasteiger partial charge in [-0.15, -0.1) is 0 Å². The predicted octanol–water partition coefficient (Wildman–Crippen LogP) is 0.721. The summed E-state index contributed by atoms with van der Waals surface area (Å²) >= 11 is 0. The average molecular weight is 166 g/mol. The maximum Gasteiger partial charge on any atom is 0.307 e. The van der Waals surface area contributed by atoms with E-state index in [1.54, 1.807) is 20.0 Å². The van der Waals surface area contributed by atoms with E-state index in [1.807, 2.05) is 0 Å². The predicted molar refractivity (Wildman–Crippen MR) is 42.8 cm³/mol. The molecule has 0 radical (unpaired) electrons. The van der Waals surface area contributed by atoms with E-state index in [2.05, 4.69) is 9.97 Å². The number of carboxylic acids is 1. The van der Waals surface area contributed by atoms with Crippen molar-refractivity contribution in [2.75, 3.05) is 0 Å². The molecule has 0 aromatic carbocycles. The van der Waals surface area contributed by atoms with Crippen LogP contribution < -0.4 is 0 Å². The summed E-state index contributed by atoms with van der Waals surface area (Å²) < 4.78 is 0. The number of aryl methyl sites for hydroxylation is 2. The smallest absolute Gasteiger partial charge is 0.307 e. The van der Waals surface area contributed by atoms with E-state index in [4.69, 9.17) is 5.11 Å². The number of hydrogen-bond acceptors (Lipinski definition) is 3. The highest BCUT2D eigenvalue weighted by Crippen LogP contribution is 2.04. The van der Waals surface area contributed by atoms with Gasteiger partial charge in [-0.2, -0.15) is 0 Å². The summed E-state index contributed by atoms with van der Waals surface area (Å²) in [7, 11) is 0. The molecule has 0 bridgehead atoms. The third-order valence-corrected chi connectivity index (χ3v) is 1.54. The standard InChI is InChI=1S/C8H10N2O2/c1-5-7(3-8(11)12)4-9-6(2)10-5/h4H,3H2,1-2H3,(H,11,12). The van der Waals surface area contributed by atoms with Gasteiger partial charge < -0.3 is 5.11 Å². The first-order valence-electron chi connectivity index (χ1n) is 3.60. The number of rotatable bonds is 2. The van der Waals surface area contributed by atoms with Crippen molar-refractivity contribution in [3.8, 4) is 0 Å². The number of hydrogen-bond donors (Lipinski definition) is 1. The second-order valence-corrected chi connectivity index (χ2v) is 2.60. The first-order chi connectivity index (χ1) is 5.59. The fourth-order valence-corrected chi connectivity index (χ4v) is 0.945. The molecule has 64 valence electrons. The Balaban J connectivity index is 2.93. The maximum atomic E-state index is 10.4. The highest BCUT2D eigenvalue weighted by Gasteiger charge is 2.04. The van der Waals surface area contributed by atoms with E-state index in [-0.39, 0.29) is 6.42 Å². The van der Waals surface area contributed by atoms with E-state index < -0.39 is 5.97 Å². The van der Waals surface area contributed by atoms with Crippen LogP contribution in [0.5, 0.6) is 0 Å². The summed E-state index contributed by atoms with van der Waals surface area (Å²) in [5.74, 6) is -0.188. The summed E-state index contributed by atoms with van der Waals surface area (Å²) in [5.41, 5.74) is 1.41. The van der Waals surface area contributed by atoms with Crippen molar-refractivity contribution in [3.63, 3.8) is 0 Å². The molecule has 1 heterocycles. The van der Waals surface area contributed by atoms with Crippen LogP contribution in [-0.2, 0) is 11.2 Å². The molecule has 1 aromatic heterocycles. The fraction of sp³-hybridized carbons (Fsp3) is 0.375. The number of carbonyl (C=O) groups is 1. The van der Waals surface area contributed by atoms with Gasteiger partial charge in [0.25, 0.3) is 0 Å². The Hall–Kier alpha value is -1.45. The Morgan fingerprint density at radius 1 is 1.58 bits per heavy atom. The van der Waals surface area contributed by atoms with Gasteiger partial charge in [-0.1, -0.05) is 0 Å². The molecule has 0 amide bonds. The summed E-state index contributed by atoms with van der Waals surface area (Å²) in [4.78, 5) is 18.3. The monoisotopic (exact) mass is 166 g/mol. The topological polar surface area (TPSA) is 63.1 Å². The van der Waals surface area contributed by atoms with E-state index in [0.717, 1.165) is 5.69 Å². The molecule has 1 rings (SSSR count). The Morgan fingerprint density at radius 3 is 2.75 bits per heavy atom. The van der Waals surface area contributed by atoms with Gasteiger partial charge in [-0.05, 0) is 13.8 Å². The minimum Gasteiger partial charge on any atom is -0.481 e. The molecule has 1 N–H and O–H groups in total. The molecule has 0 atom stereocenters. The number of carboxylic acid groups (broad SMARTS) is 1. The summed E-state index contributed by atoms with van der Waals surface area (Å²) in [6.45, 7) is 3.56. The lowest BCUT2D eigenvalue weighted by Gasteiger charge is -2.01. The van der Waals surface area contributed by atoms with Crippen LogP contribution in [0.15, 0.2) is 6.20 Å². The minimum absolute atomic E-state index is 0.00782. The largest absolute Gasteiger partial charge is 0.481 e. The molecule has 0 aliphatic carbocycles. The third kappa shape index (κ3) is 2.02. The molecule has 0 aliphatic heterocycles. The van der Waals surface area contributed by atoms with E-state index in [1.165, 1.54) is 0 Å². The molecule has 0 saturated heterocycles. The van der Waals surface area contributed by atoms with E-state index in [9.17, 15) is 4.79 Å². The molecular weight excluding hydrogens is 156 g/mol. The zero-order chi connectivity index (χ0) is 9.14. The van der Waals surface area contributed by atoms with Crippen LogP contribution in [-0.4, -0.2) is 21.0 Å². The van der Waals surface area contributed by atoms with Gasteiger partial charge in [0.2, 0.25) is 0 Å². The Kier molecular flexibility index (Phi) is 2.38. The normalized spacial score (nSPS) is 9.83. The van der Waals surface area contributed by atoms with Crippen LogP contribution in [0.3, 0.4) is 0 Å². The number of aliphatic carboxylic acids is 1. The highest BCUT2D eigenvalue weighted by molar-refractivity contribution is 5.70. The molecule has 0 fully saturated rings. The average Bonchev–Trinajstić information content (AvgIpc) is 1.94. The van der Waals surface area contributed by atoms with Gasteiger partial charge in [-0.3, -0.25) is 4.79 Å². The lowest BCUT2D eigenvalue weighted by molar-refractivity contribution is -0.136. The Labute approximate surface area is 70.3 Å². The molecule has 4 heteroatoms. The van der Waals surface area contributed by atoms with Crippen molar-refractivity contribution in [2.45, 2.75) is 20.3 Å². The van der Waals surface area contributed by atoms with Crippen LogP contribution >= 0.6 is 0 Å². The van der Waals surface area contributed by atoms with E-state index in [0.29, 0.717) is 11.4 Å². The lowest BCUT2D eigenvalue weighted by atomic mass is 10.2. The maximum absolute atomic E-state index is 10.4. The summed E-state index contributed by atoms with van der Waals surface area (Å²) in [5, 5.41) is 8.51. The molecule has 0 saturated carbocycles. The van der Waals surface area contributed by atoms with Crippen molar-refractivity contribution in [1.82, 2.24) is 9.97 Å². The molecule has 4 nitrogen and oxygen atoms in total. The van der Waals surface area contributed by atoms with Gasteiger partial charge in [0.15, 0.2) is 0 Å². The van der Waals surface area contributed by atoms with Gasteiger partial charge in [0.05, 0.1) is 6.42 Å². The van der Waals surface area contributed by atoms with Crippen molar-refractivity contribution < 1.29 is 9.90 Å².